The van der Waals surface area contributed by atoms with E-state index in [4.69, 9.17) is 0 Å². The first-order valence-corrected chi connectivity index (χ1v) is 10.9. The van der Waals surface area contributed by atoms with Gasteiger partial charge in [-0.1, -0.05) is 12.1 Å². The maximum atomic E-state index is 14.1. The summed E-state index contributed by atoms with van der Waals surface area (Å²) in [5.41, 5.74) is 0.685. The third-order valence-electron chi connectivity index (χ3n) is 5.90. The molecule has 0 atom stereocenters. The SMILES string of the molecule is CN=C(NCCN1CCN(c2ncccn2)CC1)N1CCN(c2ccccc2F)CC1.I. The van der Waals surface area contributed by atoms with Gasteiger partial charge >= 0.3 is 0 Å². The fraction of sp³-hybridized carbons (Fsp3) is 0.500. The minimum absolute atomic E-state index is 0. The van der Waals surface area contributed by atoms with Gasteiger partial charge in [0.15, 0.2) is 5.96 Å². The van der Waals surface area contributed by atoms with Gasteiger partial charge in [-0.3, -0.25) is 9.89 Å². The Labute approximate surface area is 206 Å². The van der Waals surface area contributed by atoms with Crippen LogP contribution in [0, 0.1) is 5.82 Å². The monoisotopic (exact) mass is 554 g/mol. The Kier molecular flexibility index (Phi) is 9.27. The first-order valence-electron chi connectivity index (χ1n) is 10.9. The minimum atomic E-state index is -0.155. The Morgan fingerprint density at radius 3 is 2.25 bits per heavy atom. The summed E-state index contributed by atoms with van der Waals surface area (Å²) in [6, 6.07) is 8.84. The van der Waals surface area contributed by atoms with E-state index < -0.39 is 0 Å². The van der Waals surface area contributed by atoms with E-state index >= 15 is 0 Å². The number of para-hydroxylation sites is 1. The number of halogens is 2. The van der Waals surface area contributed by atoms with E-state index in [2.05, 4.69) is 39.9 Å². The number of rotatable bonds is 5. The summed E-state index contributed by atoms with van der Waals surface area (Å²) in [4.78, 5) is 22.2. The molecule has 0 unspecified atom stereocenters. The normalized spacial score (nSPS) is 17.8. The van der Waals surface area contributed by atoms with E-state index in [1.54, 1.807) is 18.5 Å². The van der Waals surface area contributed by atoms with Crippen LogP contribution in [-0.2, 0) is 0 Å². The third kappa shape index (κ3) is 6.18. The number of nitrogens with zero attached hydrogens (tertiary/aromatic N) is 7. The largest absolute Gasteiger partial charge is 0.366 e. The van der Waals surface area contributed by atoms with Crippen molar-refractivity contribution in [1.29, 1.82) is 0 Å². The van der Waals surface area contributed by atoms with Crippen molar-refractivity contribution in [2.24, 2.45) is 4.99 Å². The highest BCUT2D eigenvalue weighted by Crippen LogP contribution is 2.20. The number of piperazine rings is 2. The molecule has 0 aliphatic carbocycles. The second kappa shape index (κ2) is 12.1. The smallest absolute Gasteiger partial charge is 0.225 e. The van der Waals surface area contributed by atoms with Gasteiger partial charge in [-0.2, -0.15) is 0 Å². The Morgan fingerprint density at radius 1 is 0.938 bits per heavy atom. The van der Waals surface area contributed by atoms with Gasteiger partial charge in [-0.25, -0.2) is 14.4 Å². The van der Waals surface area contributed by atoms with Crippen LogP contribution in [0.2, 0.25) is 0 Å². The lowest BCUT2D eigenvalue weighted by Gasteiger charge is -2.38. The van der Waals surface area contributed by atoms with Crippen molar-refractivity contribution in [1.82, 2.24) is 25.1 Å². The molecule has 1 aromatic carbocycles. The third-order valence-corrected chi connectivity index (χ3v) is 5.90. The Balaban J connectivity index is 0.00000289. The molecular formula is C22H32FIN8. The zero-order chi connectivity index (χ0) is 21.5. The number of aliphatic imine (C=N–C) groups is 1. The Bertz CT molecular complexity index is 852. The van der Waals surface area contributed by atoms with E-state index in [0.29, 0.717) is 5.69 Å². The minimum Gasteiger partial charge on any atom is -0.366 e. The first kappa shape index (κ1) is 24.4. The lowest BCUT2D eigenvalue weighted by molar-refractivity contribution is 0.258. The van der Waals surface area contributed by atoms with Crippen molar-refractivity contribution in [2.75, 3.05) is 82.3 Å². The van der Waals surface area contributed by atoms with Gasteiger partial charge in [0.2, 0.25) is 5.95 Å². The van der Waals surface area contributed by atoms with Gasteiger partial charge < -0.3 is 20.0 Å². The van der Waals surface area contributed by atoms with E-state index in [-0.39, 0.29) is 29.8 Å². The van der Waals surface area contributed by atoms with Crippen molar-refractivity contribution in [3.8, 4) is 0 Å². The van der Waals surface area contributed by atoms with Crippen molar-refractivity contribution < 1.29 is 4.39 Å². The number of hydrogen-bond acceptors (Lipinski definition) is 6. The molecule has 0 spiro atoms. The zero-order valence-corrected chi connectivity index (χ0v) is 20.9. The summed E-state index contributed by atoms with van der Waals surface area (Å²) in [6.45, 7) is 8.91. The van der Waals surface area contributed by atoms with Crippen LogP contribution < -0.4 is 15.1 Å². The standard InChI is InChI=1S/C22H31FN8.HI/c1-24-21(30-17-15-29(16-18-30)20-6-3-2-5-19(20)23)27-9-10-28-11-13-31(14-12-28)22-25-7-4-8-26-22;/h2-8H,9-18H2,1H3,(H,24,27);1H. The number of hydrogen-bond donors (Lipinski definition) is 1. The predicted octanol–water partition coefficient (Wildman–Crippen LogP) is 1.75. The van der Waals surface area contributed by atoms with Crippen LogP contribution in [0.1, 0.15) is 0 Å². The number of benzene rings is 1. The summed E-state index contributed by atoms with van der Waals surface area (Å²) in [5, 5.41) is 3.50. The summed E-state index contributed by atoms with van der Waals surface area (Å²) in [5.74, 6) is 1.58. The summed E-state index contributed by atoms with van der Waals surface area (Å²) in [6.07, 6.45) is 3.58. The number of aromatic nitrogens is 2. The maximum absolute atomic E-state index is 14.1. The first-order chi connectivity index (χ1) is 15.2. The molecule has 0 amide bonds. The molecular weight excluding hydrogens is 522 g/mol. The van der Waals surface area contributed by atoms with Gasteiger partial charge in [0.25, 0.3) is 0 Å². The molecule has 2 aromatic rings. The lowest BCUT2D eigenvalue weighted by atomic mass is 10.2. The van der Waals surface area contributed by atoms with Crippen molar-refractivity contribution in [3.05, 3.63) is 48.5 Å². The number of guanidine groups is 1. The van der Waals surface area contributed by atoms with Crippen LogP contribution in [0.3, 0.4) is 0 Å². The van der Waals surface area contributed by atoms with Gasteiger partial charge in [0, 0.05) is 84.9 Å². The molecule has 32 heavy (non-hydrogen) atoms. The van der Waals surface area contributed by atoms with E-state index in [9.17, 15) is 4.39 Å². The summed E-state index contributed by atoms with van der Waals surface area (Å²) < 4.78 is 14.1. The molecule has 0 saturated carbocycles. The van der Waals surface area contributed by atoms with Crippen molar-refractivity contribution >= 4 is 41.6 Å². The highest BCUT2D eigenvalue weighted by Gasteiger charge is 2.22. The lowest BCUT2D eigenvalue weighted by Crippen LogP contribution is -2.54. The topological polar surface area (TPSA) is 63.1 Å². The molecule has 3 heterocycles. The van der Waals surface area contributed by atoms with Gasteiger partial charge in [-0.15, -0.1) is 24.0 Å². The van der Waals surface area contributed by atoms with E-state index in [1.807, 2.05) is 25.2 Å². The highest BCUT2D eigenvalue weighted by atomic mass is 127. The number of anilines is 2. The summed E-state index contributed by atoms with van der Waals surface area (Å²) in [7, 11) is 1.82. The molecule has 0 bridgehead atoms. The fourth-order valence-electron chi connectivity index (χ4n) is 4.15. The molecule has 2 saturated heterocycles. The fourth-order valence-corrected chi connectivity index (χ4v) is 4.15. The molecule has 0 radical (unpaired) electrons. The average molecular weight is 554 g/mol. The van der Waals surface area contributed by atoms with Gasteiger partial charge in [0.1, 0.15) is 5.82 Å². The Morgan fingerprint density at radius 2 is 1.59 bits per heavy atom. The predicted molar refractivity (Wildman–Crippen MR) is 138 cm³/mol. The second-order valence-corrected chi connectivity index (χ2v) is 7.78. The van der Waals surface area contributed by atoms with Crippen LogP contribution in [0.5, 0.6) is 0 Å². The molecule has 2 aliphatic heterocycles. The summed E-state index contributed by atoms with van der Waals surface area (Å²) >= 11 is 0. The van der Waals surface area contributed by atoms with Crippen LogP contribution >= 0.6 is 24.0 Å². The van der Waals surface area contributed by atoms with E-state index in [1.165, 1.54) is 6.07 Å². The van der Waals surface area contributed by atoms with Crippen LogP contribution in [-0.4, -0.2) is 98.2 Å². The van der Waals surface area contributed by atoms with Gasteiger partial charge in [0.05, 0.1) is 5.69 Å². The second-order valence-electron chi connectivity index (χ2n) is 7.78. The van der Waals surface area contributed by atoms with Crippen LogP contribution in [0.4, 0.5) is 16.0 Å². The molecule has 1 aromatic heterocycles. The molecule has 2 fully saturated rings. The van der Waals surface area contributed by atoms with Gasteiger partial charge in [-0.05, 0) is 18.2 Å². The molecule has 2 aliphatic rings. The quantitative estimate of drug-likeness (QED) is 0.344. The molecule has 8 nitrogen and oxygen atoms in total. The molecule has 1 N–H and O–H groups in total. The zero-order valence-electron chi connectivity index (χ0n) is 18.5. The van der Waals surface area contributed by atoms with Crippen LogP contribution in [0.15, 0.2) is 47.7 Å². The van der Waals surface area contributed by atoms with E-state index in [0.717, 1.165) is 77.4 Å². The number of nitrogens with one attached hydrogen (secondary N) is 1. The molecule has 10 heteroatoms. The average Bonchev–Trinajstić information content (AvgIpc) is 2.83. The van der Waals surface area contributed by atoms with Crippen molar-refractivity contribution in [2.45, 2.75) is 0 Å². The molecule has 174 valence electrons. The van der Waals surface area contributed by atoms with Crippen LogP contribution in [0.25, 0.3) is 0 Å². The Hall–Kier alpha value is -2.21. The van der Waals surface area contributed by atoms with Crippen molar-refractivity contribution in [3.63, 3.8) is 0 Å². The maximum Gasteiger partial charge on any atom is 0.225 e. The highest BCUT2D eigenvalue weighted by molar-refractivity contribution is 14.0. The molecule has 4 rings (SSSR count).